The number of hydrogen-bond acceptors (Lipinski definition) is 7. The molecular weight excluding hydrogens is 352 g/mol. The van der Waals surface area contributed by atoms with Crippen LogP contribution in [-0.2, 0) is 20.7 Å². The molecule has 148 valence electrons. The van der Waals surface area contributed by atoms with E-state index < -0.39 is 30.2 Å². The van der Waals surface area contributed by atoms with Gasteiger partial charge in [0.15, 0.2) is 11.9 Å². The number of ether oxygens (including phenoxy) is 1. The number of imide groups is 1. The maximum atomic E-state index is 12.9. The third-order valence-corrected chi connectivity index (χ3v) is 5.40. The van der Waals surface area contributed by atoms with Gasteiger partial charge in [0.25, 0.3) is 11.8 Å². The summed E-state index contributed by atoms with van der Waals surface area (Å²) in [4.78, 5) is 42.6. The van der Waals surface area contributed by atoms with Gasteiger partial charge in [-0.25, -0.2) is 4.79 Å². The summed E-state index contributed by atoms with van der Waals surface area (Å²) in [5.74, 6) is -0.244. The topological polar surface area (TPSA) is 115 Å². The zero-order valence-electron chi connectivity index (χ0n) is 16.0. The summed E-state index contributed by atoms with van der Waals surface area (Å²) in [5.41, 5.74) is -0.886. The Morgan fingerprint density at radius 1 is 1.44 bits per heavy atom. The summed E-state index contributed by atoms with van der Waals surface area (Å²) in [5, 5.41) is 6.64. The van der Waals surface area contributed by atoms with Crippen molar-refractivity contribution in [2.45, 2.75) is 70.9 Å². The highest BCUT2D eigenvalue weighted by Crippen LogP contribution is 2.38. The quantitative estimate of drug-likeness (QED) is 0.595. The van der Waals surface area contributed by atoms with Crippen LogP contribution in [0.3, 0.4) is 0 Å². The standard InChI is InChI=1S/C18H26N4O5/c1-4-7-13-19-15(27-21-13)12(3)26-14(23)10-22-16(24)18(20-17(22)25)9-6-5-8-11(18)2/h11-12H,4-10H2,1-3H3,(H,20,25). The molecule has 0 bridgehead atoms. The van der Waals surface area contributed by atoms with E-state index in [0.717, 1.165) is 30.6 Å². The molecule has 1 aromatic rings. The van der Waals surface area contributed by atoms with Crippen LogP contribution in [0.5, 0.6) is 0 Å². The molecule has 1 spiro atoms. The van der Waals surface area contributed by atoms with Crippen molar-refractivity contribution in [1.29, 1.82) is 0 Å². The van der Waals surface area contributed by atoms with Crippen molar-refractivity contribution in [1.82, 2.24) is 20.4 Å². The maximum absolute atomic E-state index is 12.9. The van der Waals surface area contributed by atoms with Gasteiger partial charge in [0.1, 0.15) is 12.1 Å². The second-order valence-corrected chi connectivity index (χ2v) is 7.37. The number of rotatable bonds is 6. The molecule has 2 aliphatic rings. The molecule has 0 radical (unpaired) electrons. The number of aromatic nitrogens is 2. The van der Waals surface area contributed by atoms with Gasteiger partial charge < -0.3 is 14.6 Å². The van der Waals surface area contributed by atoms with Gasteiger partial charge in [-0.15, -0.1) is 0 Å². The fourth-order valence-corrected chi connectivity index (χ4v) is 3.81. The molecule has 27 heavy (non-hydrogen) atoms. The Morgan fingerprint density at radius 2 is 2.22 bits per heavy atom. The molecule has 1 aliphatic heterocycles. The van der Waals surface area contributed by atoms with Crippen molar-refractivity contribution in [3.63, 3.8) is 0 Å². The Morgan fingerprint density at radius 3 is 2.93 bits per heavy atom. The van der Waals surface area contributed by atoms with E-state index in [1.54, 1.807) is 6.92 Å². The van der Waals surface area contributed by atoms with Gasteiger partial charge >= 0.3 is 12.0 Å². The molecule has 9 heteroatoms. The first-order valence-corrected chi connectivity index (χ1v) is 9.53. The number of amides is 3. The summed E-state index contributed by atoms with van der Waals surface area (Å²) in [7, 11) is 0. The summed E-state index contributed by atoms with van der Waals surface area (Å²) >= 11 is 0. The lowest BCUT2D eigenvalue weighted by Crippen LogP contribution is -2.54. The first kappa shape index (κ1) is 19.3. The normalized spacial score (nSPS) is 26.3. The molecule has 3 amide bonds. The molecule has 1 saturated carbocycles. The van der Waals surface area contributed by atoms with Crippen LogP contribution in [-0.4, -0.2) is 45.0 Å². The molecule has 2 heterocycles. The van der Waals surface area contributed by atoms with Gasteiger partial charge in [0.05, 0.1) is 0 Å². The highest BCUT2D eigenvalue weighted by Gasteiger charge is 2.55. The lowest BCUT2D eigenvalue weighted by molar-refractivity contribution is -0.153. The van der Waals surface area contributed by atoms with Crippen LogP contribution in [0.15, 0.2) is 4.52 Å². The third kappa shape index (κ3) is 3.68. The maximum Gasteiger partial charge on any atom is 0.327 e. The number of esters is 1. The van der Waals surface area contributed by atoms with E-state index in [0.29, 0.717) is 18.7 Å². The Kier molecular flexibility index (Phi) is 5.48. The van der Waals surface area contributed by atoms with Crippen LogP contribution in [0.1, 0.15) is 70.7 Å². The van der Waals surface area contributed by atoms with Crippen molar-refractivity contribution in [2.24, 2.45) is 5.92 Å². The number of carbonyl (C=O) groups is 3. The average molecular weight is 378 g/mol. The van der Waals surface area contributed by atoms with Crippen LogP contribution < -0.4 is 5.32 Å². The Labute approximate surface area is 157 Å². The van der Waals surface area contributed by atoms with Crippen molar-refractivity contribution in [3.8, 4) is 0 Å². The SMILES string of the molecule is CCCc1noc(C(C)OC(=O)CN2C(=O)NC3(CCCCC3C)C2=O)n1. The van der Waals surface area contributed by atoms with Crippen LogP contribution in [0.2, 0.25) is 0 Å². The summed E-state index contributed by atoms with van der Waals surface area (Å²) in [6.45, 7) is 5.14. The minimum absolute atomic E-state index is 0.0398. The van der Waals surface area contributed by atoms with Crippen molar-refractivity contribution < 1.29 is 23.6 Å². The Balaban J connectivity index is 1.61. The zero-order chi connectivity index (χ0) is 19.6. The van der Waals surface area contributed by atoms with E-state index in [2.05, 4.69) is 15.5 Å². The molecule has 3 atom stereocenters. The molecule has 3 rings (SSSR count). The van der Waals surface area contributed by atoms with Crippen molar-refractivity contribution in [3.05, 3.63) is 11.7 Å². The minimum atomic E-state index is -0.886. The Hall–Kier alpha value is -2.45. The molecule has 9 nitrogen and oxygen atoms in total. The predicted molar refractivity (Wildman–Crippen MR) is 93.4 cm³/mol. The van der Waals surface area contributed by atoms with E-state index in [1.807, 2.05) is 13.8 Å². The molecular formula is C18H26N4O5. The molecule has 3 unspecified atom stereocenters. The molecule has 1 aliphatic carbocycles. The van der Waals surface area contributed by atoms with Crippen LogP contribution in [0, 0.1) is 5.92 Å². The monoisotopic (exact) mass is 378 g/mol. The summed E-state index contributed by atoms with van der Waals surface area (Å²) in [6.07, 6.45) is 4.19. The van der Waals surface area contributed by atoms with E-state index in [-0.39, 0.29) is 17.7 Å². The van der Waals surface area contributed by atoms with Gasteiger partial charge in [-0.3, -0.25) is 14.5 Å². The number of aryl methyl sites for hydroxylation is 1. The number of carbonyl (C=O) groups excluding carboxylic acids is 3. The first-order valence-electron chi connectivity index (χ1n) is 9.53. The van der Waals surface area contributed by atoms with Crippen molar-refractivity contribution >= 4 is 17.9 Å². The molecule has 0 aromatic carbocycles. The largest absolute Gasteiger partial charge is 0.451 e. The lowest BCUT2D eigenvalue weighted by Gasteiger charge is -2.36. The van der Waals surface area contributed by atoms with Gasteiger partial charge in [-0.1, -0.05) is 31.8 Å². The second kappa shape index (κ2) is 7.66. The van der Waals surface area contributed by atoms with E-state index >= 15 is 0 Å². The number of nitrogens with zero attached hydrogens (tertiary/aromatic N) is 3. The number of nitrogens with one attached hydrogen (secondary N) is 1. The summed E-state index contributed by atoms with van der Waals surface area (Å²) < 4.78 is 10.4. The van der Waals surface area contributed by atoms with Gasteiger partial charge in [0.2, 0.25) is 0 Å². The highest BCUT2D eigenvalue weighted by molar-refractivity contribution is 6.08. The number of hydrogen-bond donors (Lipinski definition) is 1. The Bertz CT molecular complexity index is 733. The molecule has 1 aromatic heterocycles. The molecule has 1 N–H and O–H groups in total. The minimum Gasteiger partial charge on any atom is -0.451 e. The van der Waals surface area contributed by atoms with Crippen LogP contribution >= 0.6 is 0 Å². The highest BCUT2D eigenvalue weighted by atomic mass is 16.6. The van der Waals surface area contributed by atoms with E-state index in [9.17, 15) is 14.4 Å². The lowest BCUT2D eigenvalue weighted by atomic mass is 9.73. The van der Waals surface area contributed by atoms with Gasteiger partial charge in [-0.2, -0.15) is 4.98 Å². The van der Waals surface area contributed by atoms with Gasteiger partial charge in [-0.05, 0) is 32.1 Å². The summed E-state index contributed by atoms with van der Waals surface area (Å²) in [6, 6.07) is -0.540. The van der Waals surface area contributed by atoms with Crippen LogP contribution in [0.25, 0.3) is 0 Å². The smallest absolute Gasteiger partial charge is 0.327 e. The van der Waals surface area contributed by atoms with Gasteiger partial charge in [0, 0.05) is 6.42 Å². The van der Waals surface area contributed by atoms with E-state index in [4.69, 9.17) is 9.26 Å². The number of urea groups is 1. The average Bonchev–Trinajstić information content (AvgIpc) is 3.18. The predicted octanol–water partition coefficient (Wildman–Crippen LogP) is 2.13. The second-order valence-electron chi connectivity index (χ2n) is 7.37. The molecule has 1 saturated heterocycles. The third-order valence-electron chi connectivity index (χ3n) is 5.40. The van der Waals surface area contributed by atoms with E-state index in [1.165, 1.54) is 0 Å². The van der Waals surface area contributed by atoms with Crippen LogP contribution in [0.4, 0.5) is 4.79 Å². The fourth-order valence-electron chi connectivity index (χ4n) is 3.81. The fraction of sp³-hybridized carbons (Fsp3) is 0.722. The van der Waals surface area contributed by atoms with Crippen molar-refractivity contribution in [2.75, 3.05) is 6.54 Å². The molecule has 2 fully saturated rings. The first-order chi connectivity index (χ1) is 12.9. The zero-order valence-corrected chi connectivity index (χ0v) is 16.0.